The number of nitrogens with zero attached hydrogens (tertiary/aromatic N) is 3. The van der Waals surface area contributed by atoms with Crippen LogP contribution in [-0.2, 0) is 16.1 Å². The Hall–Kier alpha value is -3.07. The van der Waals surface area contributed by atoms with Gasteiger partial charge in [0, 0.05) is 18.5 Å². The molecule has 1 aliphatic rings. The summed E-state index contributed by atoms with van der Waals surface area (Å²) in [7, 11) is 1.62. The Morgan fingerprint density at radius 2 is 2.00 bits per heavy atom. The molecule has 0 N–H and O–H groups in total. The third-order valence-corrected chi connectivity index (χ3v) is 4.94. The van der Waals surface area contributed by atoms with Gasteiger partial charge in [0.25, 0.3) is 5.89 Å². The van der Waals surface area contributed by atoms with Gasteiger partial charge in [0.05, 0.1) is 13.2 Å². The summed E-state index contributed by atoms with van der Waals surface area (Å²) in [5.41, 5.74) is 0.218. The summed E-state index contributed by atoms with van der Waals surface area (Å²) in [4.78, 5) is 18.2. The standard InChI is InChI=1S/C22H27N3O6/c1-22(2,3)30-21(26)25-9-7-15(8-10-25)28-13-19-23-20(31-24-19)18-12-14-11-16(27-4)5-6-17(14)29-18/h5-6,11-12,15H,7-10,13H2,1-4H3. The lowest BCUT2D eigenvalue weighted by Gasteiger charge is -2.33. The topological polar surface area (TPSA) is 100 Å². The van der Waals surface area contributed by atoms with Crippen LogP contribution in [0.2, 0.25) is 0 Å². The molecule has 0 atom stereocenters. The molecule has 1 saturated heterocycles. The van der Waals surface area contributed by atoms with Crippen LogP contribution >= 0.6 is 0 Å². The number of methoxy groups -OCH3 is 1. The van der Waals surface area contributed by atoms with Crippen LogP contribution in [0.3, 0.4) is 0 Å². The molecule has 3 heterocycles. The molecule has 9 heteroatoms. The Balaban J connectivity index is 1.30. The van der Waals surface area contributed by atoms with Crippen LogP contribution in [0.25, 0.3) is 22.6 Å². The summed E-state index contributed by atoms with van der Waals surface area (Å²) in [5.74, 6) is 1.99. The lowest BCUT2D eigenvalue weighted by molar-refractivity contribution is -0.0190. The molecule has 166 valence electrons. The number of hydrogen-bond donors (Lipinski definition) is 0. The molecule has 9 nitrogen and oxygen atoms in total. The maximum absolute atomic E-state index is 12.2. The molecule has 0 unspecified atom stereocenters. The van der Waals surface area contributed by atoms with Crippen LogP contribution in [0.15, 0.2) is 33.2 Å². The zero-order valence-electron chi connectivity index (χ0n) is 18.2. The average Bonchev–Trinajstić information content (AvgIpc) is 3.37. The largest absolute Gasteiger partial charge is 0.497 e. The van der Waals surface area contributed by atoms with Gasteiger partial charge in [-0.1, -0.05) is 5.16 Å². The van der Waals surface area contributed by atoms with E-state index in [9.17, 15) is 4.79 Å². The molecule has 0 bridgehead atoms. The van der Waals surface area contributed by atoms with Crippen LogP contribution in [-0.4, -0.2) is 53.0 Å². The lowest BCUT2D eigenvalue weighted by atomic mass is 10.1. The molecular formula is C22H27N3O6. The van der Waals surface area contributed by atoms with Crippen molar-refractivity contribution in [1.29, 1.82) is 0 Å². The van der Waals surface area contributed by atoms with E-state index >= 15 is 0 Å². The second kappa shape index (κ2) is 8.58. The summed E-state index contributed by atoms with van der Waals surface area (Å²) in [6.45, 7) is 7.01. The Kier molecular flexibility index (Phi) is 5.86. The Morgan fingerprint density at radius 1 is 1.23 bits per heavy atom. The zero-order valence-corrected chi connectivity index (χ0v) is 18.2. The van der Waals surface area contributed by atoms with Gasteiger partial charge in [0.1, 0.15) is 23.5 Å². The molecule has 3 aromatic rings. The van der Waals surface area contributed by atoms with Crippen molar-refractivity contribution in [2.24, 2.45) is 0 Å². The van der Waals surface area contributed by atoms with E-state index in [1.165, 1.54) is 0 Å². The van der Waals surface area contributed by atoms with Gasteiger partial charge in [-0.15, -0.1) is 0 Å². The summed E-state index contributed by atoms with van der Waals surface area (Å²) < 4.78 is 27.7. The number of rotatable bonds is 5. The Morgan fingerprint density at radius 3 is 2.71 bits per heavy atom. The minimum absolute atomic E-state index is 0.0271. The van der Waals surface area contributed by atoms with Crippen LogP contribution in [0.5, 0.6) is 5.75 Å². The van der Waals surface area contributed by atoms with Crippen LogP contribution in [0.1, 0.15) is 39.4 Å². The summed E-state index contributed by atoms with van der Waals surface area (Å²) in [5, 5.41) is 4.87. The minimum atomic E-state index is -0.493. The fourth-order valence-electron chi connectivity index (χ4n) is 3.39. The smallest absolute Gasteiger partial charge is 0.410 e. The number of amides is 1. The van der Waals surface area contributed by atoms with Gasteiger partial charge in [-0.2, -0.15) is 4.98 Å². The Bertz CT molecular complexity index is 1040. The fourth-order valence-corrected chi connectivity index (χ4v) is 3.39. The number of fused-ring (bicyclic) bond motifs is 1. The van der Waals surface area contributed by atoms with E-state index in [4.69, 9.17) is 23.2 Å². The zero-order chi connectivity index (χ0) is 22.0. The van der Waals surface area contributed by atoms with Crippen molar-refractivity contribution in [2.45, 2.75) is 51.9 Å². The van der Waals surface area contributed by atoms with Crippen molar-refractivity contribution in [3.63, 3.8) is 0 Å². The molecule has 1 fully saturated rings. The molecule has 2 aromatic heterocycles. The van der Waals surface area contributed by atoms with E-state index in [1.807, 2.05) is 45.0 Å². The van der Waals surface area contributed by atoms with E-state index in [-0.39, 0.29) is 18.8 Å². The number of piperidine rings is 1. The molecule has 1 aromatic carbocycles. The number of hydrogen-bond acceptors (Lipinski definition) is 8. The second-order valence-electron chi connectivity index (χ2n) is 8.51. The van der Waals surface area contributed by atoms with E-state index in [1.54, 1.807) is 12.0 Å². The second-order valence-corrected chi connectivity index (χ2v) is 8.51. The third-order valence-electron chi connectivity index (χ3n) is 4.94. The van der Waals surface area contributed by atoms with E-state index in [0.717, 1.165) is 24.0 Å². The van der Waals surface area contributed by atoms with Gasteiger partial charge in [-0.25, -0.2) is 4.79 Å². The fraction of sp³-hybridized carbons (Fsp3) is 0.500. The van der Waals surface area contributed by atoms with Crippen molar-refractivity contribution < 1.29 is 27.9 Å². The highest BCUT2D eigenvalue weighted by Gasteiger charge is 2.27. The van der Waals surface area contributed by atoms with Crippen molar-refractivity contribution in [3.8, 4) is 17.4 Å². The molecule has 0 radical (unpaired) electrons. The first-order valence-corrected chi connectivity index (χ1v) is 10.3. The normalized spacial score (nSPS) is 15.4. The summed E-state index contributed by atoms with van der Waals surface area (Å²) in [6.07, 6.45) is 1.21. The first-order chi connectivity index (χ1) is 14.8. The molecule has 31 heavy (non-hydrogen) atoms. The minimum Gasteiger partial charge on any atom is -0.497 e. The predicted molar refractivity (Wildman–Crippen MR) is 112 cm³/mol. The predicted octanol–water partition coefficient (Wildman–Crippen LogP) is 4.41. The molecule has 0 aliphatic carbocycles. The number of aromatic nitrogens is 2. The third kappa shape index (κ3) is 5.16. The van der Waals surface area contributed by atoms with E-state index < -0.39 is 5.60 Å². The van der Waals surface area contributed by atoms with E-state index in [0.29, 0.717) is 36.1 Å². The van der Waals surface area contributed by atoms with Crippen molar-refractivity contribution in [1.82, 2.24) is 15.0 Å². The first-order valence-electron chi connectivity index (χ1n) is 10.3. The number of carbonyl (C=O) groups is 1. The van der Waals surface area contributed by atoms with Crippen LogP contribution < -0.4 is 4.74 Å². The van der Waals surface area contributed by atoms with Crippen LogP contribution in [0.4, 0.5) is 4.79 Å². The van der Waals surface area contributed by atoms with Crippen molar-refractivity contribution in [2.75, 3.05) is 20.2 Å². The quantitative estimate of drug-likeness (QED) is 0.588. The molecule has 1 amide bonds. The molecule has 0 spiro atoms. The van der Waals surface area contributed by atoms with Gasteiger partial charge in [-0.05, 0) is 57.9 Å². The summed E-state index contributed by atoms with van der Waals surface area (Å²) >= 11 is 0. The maximum Gasteiger partial charge on any atom is 0.410 e. The monoisotopic (exact) mass is 429 g/mol. The SMILES string of the molecule is COc1ccc2oc(-c3nc(COC4CCN(C(=O)OC(C)(C)C)CC4)no3)cc2c1. The number of furan rings is 1. The van der Waals surface area contributed by atoms with Gasteiger partial charge < -0.3 is 28.1 Å². The highest BCUT2D eigenvalue weighted by Crippen LogP contribution is 2.29. The molecule has 1 aliphatic heterocycles. The van der Waals surface area contributed by atoms with E-state index in [2.05, 4.69) is 10.1 Å². The molecule has 4 rings (SSSR count). The summed E-state index contributed by atoms with van der Waals surface area (Å²) in [6, 6.07) is 7.38. The lowest BCUT2D eigenvalue weighted by Crippen LogP contribution is -2.43. The number of likely N-dealkylation sites (tertiary alicyclic amines) is 1. The first kappa shape index (κ1) is 21.2. The number of benzene rings is 1. The maximum atomic E-state index is 12.2. The van der Waals surface area contributed by atoms with Crippen LogP contribution in [0, 0.1) is 0 Å². The average molecular weight is 429 g/mol. The highest BCUT2D eigenvalue weighted by atomic mass is 16.6. The van der Waals surface area contributed by atoms with Crippen molar-refractivity contribution in [3.05, 3.63) is 30.1 Å². The number of ether oxygens (including phenoxy) is 3. The van der Waals surface area contributed by atoms with Gasteiger partial charge >= 0.3 is 6.09 Å². The van der Waals surface area contributed by atoms with Gasteiger partial charge in [0.2, 0.25) is 0 Å². The van der Waals surface area contributed by atoms with Gasteiger partial charge in [0.15, 0.2) is 11.6 Å². The van der Waals surface area contributed by atoms with Crippen molar-refractivity contribution >= 4 is 17.1 Å². The van der Waals surface area contributed by atoms with Gasteiger partial charge in [-0.3, -0.25) is 0 Å². The highest BCUT2D eigenvalue weighted by molar-refractivity contribution is 5.82. The molecular weight excluding hydrogens is 402 g/mol. The number of carbonyl (C=O) groups excluding carboxylic acids is 1. The molecule has 0 saturated carbocycles. The Labute approximate surface area is 180 Å².